The monoisotopic (exact) mass is 251 g/mol. The Morgan fingerprint density at radius 2 is 2.38 bits per heavy atom. The van der Waals surface area contributed by atoms with E-state index in [-0.39, 0.29) is 11.5 Å². The lowest BCUT2D eigenvalue weighted by atomic mass is 10.4. The Hall–Kier alpha value is -1.08. The number of furan rings is 1. The van der Waals surface area contributed by atoms with Crippen molar-refractivity contribution in [1.82, 2.24) is 5.48 Å². The van der Waals surface area contributed by atoms with Crippen molar-refractivity contribution in [3.05, 3.63) is 23.7 Å². The highest BCUT2D eigenvalue weighted by Crippen LogP contribution is 2.21. The van der Waals surface area contributed by atoms with Gasteiger partial charge in [0.1, 0.15) is 5.76 Å². The van der Waals surface area contributed by atoms with Crippen molar-refractivity contribution in [2.75, 3.05) is 6.61 Å². The lowest BCUT2D eigenvalue weighted by Gasteiger charge is -2.00. The van der Waals surface area contributed by atoms with E-state index in [0.29, 0.717) is 24.1 Å². The molecule has 1 heterocycles. The van der Waals surface area contributed by atoms with Crippen molar-refractivity contribution in [2.45, 2.75) is 18.4 Å². The quantitative estimate of drug-likeness (QED) is 0.789. The summed E-state index contributed by atoms with van der Waals surface area (Å²) in [5.74, 6) is -2.59. The molecule has 1 N–H and O–H groups in total. The number of rotatable bonds is 6. The summed E-state index contributed by atoms with van der Waals surface area (Å²) in [5, 5.41) is 0. The topological polar surface area (TPSA) is 51.5 Å². The second-order valence-corrected chi connectivity index (χ2v) is 3.68. The van der Waals surface area contributed by atoms with Gasteiger partial charge in [0.15, 0.2) is 5.76 Å². The third kappa shape index (κ3) is 4.19. The molecule has 1 amide bonds. The summed E-state index contributed by atoms with van der Waals surface area (Å²) in [7, 11) is 0. The van der Waals surface area contributed by atoms with Gasteiger partial charge in [-0.05, 0) is 19.1 Å². The van der Waals surface area contributed by atoms with Crippen LogP contribution in [0.15, 0.2) is 16.5 Å². The van der Waals surface area contributed by atoms with E-state index in [1.165, 1.54) is 12.1 Å². The average molecular weight is 251 g/mol. The van der Waals surface area contributed by atoms with Gasteiger partial charge in [-0.3, -0.25) is 9.63 Å². The van der Waals surface area contributed by atoms with E-state index in [1.54, 1.807) is 6.92 Å². The first kappa shape index (κ1) is 13.0. The fourth-order valence-electron chi connectivity index (χ4n) is 0.911. The zero-order valence-electron chi connectivity index (χ0n) is 8.54. The number of thioether (sulfide) groups is 1. The van der Waals surface area contributed by atoms with E-state index in [4.69, 9.17) is 4.42 Å². The zero-order valence-corrected chi connectivity index (χ0v) is 9.35. The number of carbonyl (C=O) groups excluding carboxylic acids is 1. The van der Waals surface area contributed by atoms with Gasteiger partial charge < -0.3 is 4.42 Å². The number of carbonyl (C=O) groups is 1. The molecule has 0 spiro atoms. The van der Waals surface area contributed by atoms with Crippen LogP contribution in [0.4, 0.5) is 8.78 Å². The molecule has 7 heteroatoms. The lowest BCUT2D eigenvalue weighted by Crippen LogP contribution is -2.22. The van der Waals surface area contributed by atoms with Crippen LogP contribution in [0.3, 0.4) is 0 Å². The second kappa shape index (κ2) is 6.49. The molecule has 0 aliphatic carbocycles. The van der Waals surface area contributed by atoms with Crippen molar-refractivity contribution in [1.29, 1.82) is 0 Å². The van der Waals surface area contributed by atoms with Crippen LogP contribution in [0.1, 0.15) is 23.2 Å². The predicted octanol–water partition coefficient (Wildman–Crippen LogP) is 2.42. The molecule has 4 nitrogen and oxygen atoms in total. The molecule has 0 saturated heterocycles. The highest BCUT2D eigenvalue weighted by Gasteiger charge is 2.12. The molecule has 0 radical (unpaired) electrons. The van der Waals surface area contributed by atoms with Crippen molar-refractivity contribution in [2.24, 2.45) is 0 Å². The Morgan fingerprint density at radius 3 is 3.00 bits per heavy atom. The van der Waals surface area contributed by atoms with Crippen LogP contribution in [-0.2, 0) is 10.6 Å². The first-order valence-corrected chi connectivity index (χ1v) is 5.59. The van der Waals surface area contributed by atoms with Crippen LogP contribution in [0.5, 0.6) is 0 Å². The van der Waals surface area contributed by atoms with E-state index in [9.17, 15) is 13.6 Å². The number of halogens is 2. The van der Waals surface area contributed by atoms with Gasteiger partial charge in [-0.1, -0.05) is 11.8 Å². The first-order chi connectivity index (χ1) is 7.63. The average Bonchev–Trinajstić information content (AvgIpc) is 2.71. The molecule has 0 unspecified atom stereocenters. The molecule has 1 rings (SSSR count). The molecule has 90 valence electrons. The number of alkyl halides is 2. The largest absolute Gasteiger partial charge is 0.455 e. The van der Waals surface area contributed by atoms with Gasteiger partial charge in [0.25, 0.3) is 5.76 Å². The van der Waals surface area contributed by atoms with Crippen LogP contribution in [0.2, 0.25) is 0 Å². The summed E-state index contributed by atoms with van der Waals surface area (Å²) in [5.41, 5.74) is 2.14. The fraction of sp³-hybridized carbons (Fsp3) is 0.444. The molecule has 1 aromatic heterocycles. The van der Waals surface area contributed by atoms with Crippen molar-refractivity contribution >= 4 is 17.7 Å². The third-order valence-electron chi connectivity index (χ3n) is 1.55. The van der Waals surface area contributed by atoms with Gasteiger partial charge in [-0.25, -0.2) is 5.48 Å². The molecule has 0 bridgehead atoms. The van der Waals surface area contributed by atoms with Gasteiger partial charge in [0.05, 0.1) is 12.4 Å². The van der Waals surface area contributed by atoms with Crippen LogP contribution in [0, 0.1) is 0 Å². The van der Waals surface area contributed by atoms with E-state index < -0.39 is 11.7 Å². The summed E-state index contributed by atoms with van der Waals surface area (Å²) in [4.78, 5) is 15.9. The minimum absolute atomic E-state index is 0.0274. The molecule has 1 aromatic rings. The van der Waals surface area contributed by atoms with Gasteiger partial charge in [-0.2, -0.15) is 8.78 Å². The predicted molar refractivity (Wildman–Crippen MR) is 55.1 cm³/mol. The fourth-order valence-corrected chi connectivity index (χ4v) is 1.36. The first-order valence-electron chi connectivity index (χ1n) is 4.54. The Bertz CT molecular complexity index is 343. The van der Waals surface area contributed by atoms with E-state index in [1.807, 2.05) is 0 Å². The number of hydrogen-bond acceptors (Lipinski definition) is 4. The third-order valence-corrected chi connectivity index (χ3v) is 2.25. The van der Waals surface area contributed by atoms with Crippen molar-refractivity contribution in [3.63, 3.8) is 0 Å². The van der Waals surface area contributed by atoms with Crippen LogP contribution >= 0.6 is 11.8 Å². The van der Waals surface area contributed by atoms with Crippen molar-refractivity contribution in [3.8, 4) is 0 Å². The number of amides is 1. The molecule has 16 heavy (non-hydrogen) atoms. The maximum absolute atomic E-state index is 11.9. The van der Waals surface area contributed by atoms with Gasteiger partial charge >= 0.3 is 5.91 Å². The normalized spacial score (nSPS) is 10.8. The highest BCUT2D eigenvalue weighted by molar-refractivity contribution is 7.98. The van der Waals surface area contributed by atoms with Gasteiger partial charge in [0.2, 0.25) is 0 Å². The van der Waals surface area contributed by atoms with Crippen molar-refractivity contribution < 1.29 is 22.8 Å². The number of nitrogens with one attached hydrogen (secondary N) is 1. The Kier molecular flexibility index (Phi) is 5.27. The maximum atomic E-state index is 11.9. The Morgan fingerprint density at radius 1 is 1.62 bits per heavy atom. The number of hydroxylamine groups is 1. The molecule has 0 aliphatic rings. The molecule has 0 saturated carbocycles. The summed E-state index contributed by atoms with van der Waals surface area (Å²) < 4.78 is 28.8. The Balaban J connectivity index is 2.47. The molecular formula is C9H11F2NO3S. The van der Waals surface area contributed by atoms with Gasteiger partial charge in [-0.15, -0.1) is 0 Å². The minimum Gasteiger partial charge on any atom is -0.455 e. The van der Waals surface area contributed by atoms with Crippen LogP contribution in [-0.4, -0.2) is 18.3 Å². The SMILES string of the molecule is CCONC(=O)c1ccc(CSC(F)F)o1. The van der Waals surface area contributed by atoms with E-state index in [2.05, 4.69) is 10.3 Å². The minimum atomic E-state index is -2.45. The second-order valence-electron chi connectivity index (χ2n) is 2.70. The highest BCUT2D eigenvalue weighted by atomic mass is 32.2. The summed E-state index contributed by atoms with van der Waals surface area (Å²) in [6.45, 7) is 2.05. The number of hydrogen-bond donors (Lipinski definition) is 1. The molecule has 0 atom stereocenters. The summed E-state index contributed by atoms with van der Waals surface area (Å²) in [6.07, 6.45) is 0. The molecule has 0 fully saturated rings. The van der Waals surface area contributed by atoms with Gasteiger partial charge in [0, 0.05) is 0 Å². The van der Waals surface area contributed by atoms with Crippen LogP contribution in [0.25, 0.3) is 0 Å². The molecular weight excluding hydrogens is 240 g/mol. The summed E-state index contributed by atoms with van der Waals surface area (Å²) in [6, 6.07) is 2.89. The zero-order chi connectivity index (χ0) is 12.0. The standard InChI is InChI=1S/C9H11F2NO3S/c1-2-14-12-8(13)7-4-3-6(15-7)5-16-9(10)11/h3-4,9H,2,5H2,1H3,(H,12,13). The van der Waals surface area contributed by atoms with E-state index >= 15 is 0 Å². The smallest absolute Gasteiger partial charge is 0.310 e. The summed E-state index contributed by atoms with van der Waals surface area (Å²) >= 11 is 0.437. The van der Waals surface area contributed by atoms with Crippen LogP contribution < -0.4 is 5.48 Å². The van der Waals surface area contributed by atoms with E-state index in [0.717, 1.165) is 0 Å². The lowest BCUT2D eigenvalue weighted by molar-refractivity contribution is 0.0339. The Labute approximate surface area is 95.3 Å². The molecule has 0 aliphatic heterocycles. The molecule has 0 aromatic carbocycles. The maximum Gasteiger partial charge on any atom is 0.310 e.